The maximum Gasteiger partial charge on any atom is 1.00 e. The molecule has 9 heteroatoms. The van der Waals surface area contributed by atoms with E-state index >= 15 is 0 Å². The Labute approximate surface area is 211 Å². The van der Waals surface area contributed by atoms with Crippen molar-refractivity contribution in [1.82, 2.24) is 4.90 Å². The van der Waals surface area contributed by atoms with Crippen LogP contribution in [0.4, 0.5) is 0 Å². The fraction of sp³-hybridized carbons (Fsp3) is 0.542. The number of methoxy groups -OCH3 is 1. The molecule has 0 unspecified atom stereocenters. The molecule has 0 aliphatic carbocycles. The fourth-order valence-corrected chi connectivity index (χ4v) is 5.43. The number of ether oxygens (including phenoxy) is 1. The van der Waals surface area contributed by atoms with Crippen LogP contribution in [0.2, 0.25) is 0 Å². The largest absolute Gasteiger partial charge is 1.00 e. The first-order valence-corrected chi connectivity index (χ1v) is 11.5. The number of hydrogen-bond acceptors (Lipinski definition) is 7. The zero-order valence-electron chi connectivity index (χ0n) is 20.9. The Hall–Kier alpha value is -1.72. The number of fused-ring (bicyclic) bond motifs is 1. The molecule has 1 amide bonds. The Morgan fingerprint density at radius 2 is 1.76 bits per heavy atom. The zero-order valence-corrected chi connectivity index (χ0v) is 21.7. The minimum atomic E-state index is -1.51. The predicted octanol–water partition coefficient (Wildman–Crippen LogP) is -0.308. The van der Waals surface area contributed by atoms with Gasteiger partial charge >= 0.3 is 18.9 Å². The van der Waals surface area contributed by atoms with Crippen LogP contribution >= 0.6 is 11.8 Å². The van der Waals surface area contributed by atoms with E-state index in [1.807, 2.05) is 53.7 Å². The number of aliphatic carboxylic acids is 1. The second kappa shape index (κ2) is 9.14. The summed E-state index contributed by atoms with van der Waals surface area (Å²) in [6.45, 7) is 13.8. The first-order chi connectivity index (χ1) is 14.6. The molecule has 2 aliphatic heterocycles. The third kappa shape index (κ3) is 4.63. The van der Waals surface area contributed by atoms with Crippen molar-refractivity contribution in [3.63, 3.8) is 0 Å². The number of carboxylic acids is 1. The van der Waals surface area contributed by atoms with E-state index in [0.717, 1.165) is 16.7 Å². The van der Waals surface area contributed by atoms with Crippen LogP contribution in [0.25, 0.3) is 0 Å². The van der Waals surface area contributed by atoms with E-state index in [1.54, 1.807) is 13.1 Å². The zero-order chi connectivity index (χ0) is 24.2. The molecule has 2 heterocycles. The summed E-state index contributed by atoms with van der Waals surface area (Å²) < 4.78 is 5.56. The van der Waals surface area contributed by atoms with E-state index in [-0.39, 0.29) is 41.1 Å². The molecule has 2 atom stereocenters. The van der Waals surface area contributed by atoms with Crippen LogP contribution in [0.5, 0.6) is 5.75 Å². The minimum absolute atomic E-state index is 0. The number of carbonyl (C=O) groups is 2. The van der Waals surface area contributed by atoms with Gasteiger partial charge in [0.15, 0.2) is 0 Å². The summed E-state index contributed by atoms with van der Waals surface area (Å²) in [4.78, 5) is 30.4. The van der Waals surface area contributed by atoms with Crippen LogP contribution in [0.15, 0.2) is 28.4 Å². The smallest absolute Gasteiger partial charge is 0.543 e. The number of carbonyl (C=O) groups excluding carboxylic acids is 2. The van der Waals surface area contributed by atoms with Gasteiger partial charge in [-0.2, -0.15) is 0 Å². The van der Waals surface area contributed by atoms with Crippen LogP contribution in [-0.4, -0.2) is 52.1 Å². The number of amides is 1. The van der Waals surface area contributed by atoms with Gasteiger partial charge in [-0.1, -0.05) is 41.5 Å². The Kier molecular flexibility index (Phi) is 7.63. The predicted molar refractivity (Wildman–Crippen MR) is 124 cm³/mol. The number of hydrogen-bond donors (Lipinski definition) is 1. The molecule has 1 saturated heterocycles. The number of benzene rings is 1. The van der Waals surface area contributed by atoms with Crippen molar-refractivity contribution in [2.75, 3.05) is 12.9 Å². The molecule has 7 nitrogen and oxygen atoms in total. The van der Waals surface area contributed by atoms with Crippen molar-refractivity contribution in [3.8, 4) is 5.75 Å². The van der Waals surface area contributed by atoms with E-state index in [4.69, 9.17) is 4.74 Å². The topological polar surface area (TPSA) is 102 Å². The van der Waals surface area contributed by atoms with Gasteiger partial charge in [0.05, 0.1) is 11.7 Å². The van der Waals surface area contributed by atoms with Gasteiger partial charge in [-0.3, -0.25) is 9.69 Å². The Balaban J connectivity index is 0.00000385. The van der Waals surface area contributed by atoms with Gasteiger partial charge in [0.1, 0.15) is 11.1 Å². The van der Waals surface area contributed by atoms with Gasteiger partial charge in [0.2, 0.25) is 0 Å². The molecule has 0 radical (unpaired) electrons. The SMILES string of the molecule is CO[C@@]1(/N=C/c2cc(C(C)(C)C)c(O)c(C(C)(C)C)c2)C(=O)N2C(C(=O)[O-])=C(C)CS[C@@H]21.[Li+]. The number of phenols is 1. The second-order valence-corrected chi connectivity index (χ2v) is 11.4. The van der Waals surface area contributed by atoms with Gasteiger partial charge < -0.3 is 19.7 Å². The molecule has 0 saturated carbocycles. The molecule has 2 aliphatic rings. The summed E-state index contributed by atoms with van der Waals surface area (Å²) in [5, 5.41) is 21.9. The molecule has 0 bridgehead atoms. The number of β-lactam (4-membered cyclic amide) rings is 1. The Bertz CT molecular complexity index is 1000. The molecular weight excluding hydrogens is 435 g/mol. The van der Waals surface area contributed by atoms with Crippen LogP contribution in [0, 0.1) is 0 Å². The van der Waals surface area contributed by atoms with Crippen LogP contribution in [-0.2, 0) is 25.2 Å². The average molecular weight is 467 g/mol. The van der Waals surface area contributed by atoms with Gasteiger partial charge in [0.25, 0.3) is 11.6 Å². The number of aliphatic imine (C=N–C) groups is 1. The maximum absolute atomic E-state index is 13.0. The molecule has 0 aromatic heterocycles. The normalized spacial score (nSPS) is 23.3. The van der Waals surface area contributed by atoms with E-state index in [1.165, 1.54) is 23.8 Å². The summed E-state index contributed by atoms with van der Waals surface area (Å²) in [5.41, 5.74) is 0.657. The summed E-state index contributed by atoms with van der Waals surface area (Å²) in [5.74, 6) is -1.20. The number of aromatic hydroxyl groups is 1. The van der Waals surface area contributed by atoms with E-state index in [0.29, 0.717) is 11.3 Å². The standard InChI is InChI=1S/C24H32N2O5S.Li/c1-13-12-32-21-24(31-8,20(30)26(21)17(13)19(28)29)25-11-14-9-15(22(2,3)4)18(27)16(10-14)23(5,6)7;/h9-11,21,27H,12H2,1-8H3,(H,28,29);/q;+1/p-1/b25-11+;/t21-,24+;/m1./s1. The quantitative estimate of drug-likeness (QED) is 0.371. The summed E-state index contributed by atoms with van der Waals surface area (Å²) in [7, 11) is 1.40. The van der Waals surface area contributed by atoms with E-state index < -0.39 is 23.0 Å². The molecule has 1 N–H and O–H groups in total. The third-order valence-electron chi connectivity index (χ3n) is 5.86. The van der Waals surface area contributed by atoms with Crippen LogP contribution in [0.1, 0.15) is 65.2 Å². The molecule has 1 aromatic rings. The second-order valence-electron chi connectivity index (χ2n) is 10.4. The summed E-state index contributed by atoms with van der Waals surface area (Å²) in [6, 6.07) is 3.73. The van der Waals surface area contributed by atoms with E-state index in [2.05, 4.69) is 4.99 Å². The molecular formula is C24H31LiN2O5S. The van der Waals surface area contributed by atoms with Gasteiger partial charge in [-0.15, -0.1) is 11.8 Å². The van der Waals surface area contributed by atoms with Crippen molar-refractivity contribution < 1.29 is 43.4 Å². The Morgan fingerprint density at radius 1 is 1.24 bits per heavy atom. The van der Waals surface area contributed by atoms with Gasteiger partial charge in [0, 0.05) is 30.2 Å². The first kappa shape index (κ1) is 27.5. The van der Waals surface area contributed by atoms with Crippen LogP contribution < -0.4 is 24.0 Å². The van der Waals surface area contributed by atoms with E-state index in [9.17, 15) is 19.8 Å². The minimum Gasteiger partial charge on any atom is -0.543 e. The monoisotopic (exact) mass is 466 g/mol. The third-order valence-corrected chi connectivity index (χ3v) is 7.30. The van der Waals surface area contributed by atoms with Gasteiger partial charge in [-0.05, 0) is 41.0 Å². The summed E-state index contributed by atoms with van der Waals surface area (Å²) in [6.07, 6.45) is 1.58. The van der Waals surface area contributed by atoms with Crippen molar-refractivity contribution in [2.24, 2.45) is 4.99 Å². The Morgan fingerprint density at radius 3 is 2.18 bits per heavy atom. The van der Waals surface area contributed by atoms with Crippen molar-refractivity contribution >= 4 is 29.9 Å². The van der Waals surface area contributed by atoms with Crippen molar-refractivity contribution in [2.45, 2.75) is 70.4 Å². The van der Waals surface area contributed by atoms with Crippen molar-refractivity contribution in [3.05, 3.63) is 40.1 Å². The fourth-order valence-electron chi connectivity index (χ4n) is 4.06. The maximum atomic E-state index is 13.0. The molecule has 3 rings (SSSR count). The van der Waals surface area contributed by atoms with Crippen molar-refractivity contribution in [1.29, 1.82) is 0 Å². The molecule has 33 heavy (non-hydrogen) atoms. The molecule has 1 aromatic carbocycles. The van der Waals surface area contributed by atoms with Gasteiger partial charge in [-0.25, -0.2) is 4.99 Å². The number of phenolic OH excluding ortho intramolecular Hbond substituents is 1. The average Bonchev–Trinajstić information content (AvgIpc) is 2.67. The number of nitrogens with zero attached hydrogens (tertiary/aromatic N) is 2. The number of thioether (sulfide) groups is 1. The molecule has 1 fully saturated rings. The first-order valence-electron chi connectivity index (χ1n) is 10.5. The number of rotatable bonds is 4. The molecule has 174 valence electrons. The molecule has 0 spiro atoms. The number of carboxylic acid groups (broad SMARTS) is 1. The van der Waals surface area contributed by atoms with Crippen LogP contribution in [0.3, 0.4) is 0 Å². The summed E-state index contributed by atoms with van der Waals surface area (Å²) >= 11 is 1.41.